The fourth-order valence-corrected chi connectivity index (χ4v) is 2.54. The number of nitrogens with one attached hydrogen (secondary N) is 2. The Kier molecular flexibility index (Phi) is 4.98. The van der Waals surface area contributed by atoms with Gasteiger partial charge in [-0.05, 0) is 37.8 Å². The first kappa shape index (κ1) is 16.9. The molecule has 2 rings (SSSR count). The van der Waals surface area contributed by atoms with Crippen LogP contribution in [0.5, 0.6) is 5.75 Å². The second kappa shape index (κ2) is 6.77. The van der Waals surface area contributed by atoms with Crippen LogP contribution in [-0.2, 0) is 4.79 Å². The molecule has 0 aliphatic heterocycles. The summed E-state index contributed by atoms with van der Waals surface area (Å²) in [6.07, 6.45) is -1.76. The third kappa shape index (κ3) is 5.06. The first-order valence-corrected chi connectivity index (χ1v) is 7.14. The zero-order valence-electron chi connectivity index (χ0n) is 12.2. The number of alkyl halides is 3. The van der Waals surface area contributed by atoms with Gasteiger partial charge in [0.05, 0.1) is 12.6 Å². The molecule has 1 fully saturated rings. The fourth-order valence-electron chi connectivity index (χ4n) is 2.54. The molecule has 0 radical (unpaired) electrons. The number of halogens is 3. The van der Waals surface area contributed by atoms with Crippen molar-refractivity contribution < 1.29 is 22.7 Å². The predicted molar refractivity (Wildman–Crippen MR) is 76.6 cm³/mol. The summed E-state index contributed by atoms with van der Waals surface area (Å²) in [7, 11) is 0. The second-order valence-electron chi connectivity index (χ2n) is 5.38. The number of anilines is 1. The van der Waals surface area contributed by atoms with E-state index in [9.17, 15) is 23.2 Å². The highest BCUT2D eigenvalue weighted by atomic mass is 19.4. The highest BCUT2D eigenvalue weighted by molar-refractivity contribution is 5.82. The molecule has 8 heteroatoms. The van der Waals surface area contributed by atoms with Crippen LogP contribution in [0.3, 0.4) is 0 Å². The number of benzene rings is 1. The van der Waals surface area contributed by atoms with Crippen molar-refractivity contribution in [3.05, 3.63) is 24.3 Å². The van der Waals surface area contributed by atoms with Crippen molar-refractivity contribution in [2.24, 2.45) is 0 Å². The zero-order valence-corrected chi connectivity index (χ0v) is 12.2. The van der Waals surface area contributed by atoms with Gasteiger partial charge < -0.3 is 15.4 Å². The molecule has 0 unspecified atom stereocenters. The Balaban J connectivity index is 1.89. The van der Waals surface area contributed by atoms with E-state index >= 15 is 0 Å². The molecular formula is C15H16F3N3O2. The molecule has 1 aromatic rings. The Morgan fingerprint density at radius 1 is 1.35 bits per heavy atom. The molecule has 23 heavy (non-hydrogen) atoms. The van der Waals surface area contributed by atoms with Crippen molar-refractivity contribution in [3.8, 4) is 11.8 Å². The van der Waals surface area contributed by atoms with Crippen molar-refractivity contribution >= 4 is 11.6 Å². The smallest absolute Gasteiger partial charge is 0.406 e. The number of ether oxygens (including phenoxy) is 1. The Labute approximate surface area is 131 Å². The maximum atomic E-state index is 12.2. The molecule has 0 bridgehead atoms. The van der Waals surface area contributed by atoms with Crippen LogP contribution in [0.2, 0.25) is 0 Å². The summed E-state index contributed by atoms with van der Waals surface area (Å²) in [4.78, 5) is 11.9. The molecule has 0 spiro atoms. The number of hydrogen-bond acceptors (Lipinski definition) is 4. The number of rotatable bonds is 5. The maximum absolute atomic E-state index is 12.2. The lowest BCUT2D eigenvalue weighted by Gasteiger charge is -2.22. The number of carbonyl (C=O) groups is 1. The molecule has 1 aromatic carbocycles. The first-order chi connectivity index (χ1) is 10.8. The van der Waals surface area contributed by atoms with Crippen LogP contribution in [-0.4, -0.2) is 24.4 Å². The minimum atomic E-state index is -4.77. The molecule has 5 nitrogen and oxygen atoms in total. The van der Waals surface area contributed by atoms with Crippen LogP contribution in [0, 0.1) is 11.3 Å². The van der Waals surface area contributed by atoms with E-state index in [-0.39, 0.29) is 18.2 Å². The fraction of sp³-hybridized carbons (Fsp3) is 0.467. The minimum Gasteiger partial charge on any atom is -0.406 e. The molecule has 2 N–H and O–H groups in total. The van der Waals surface area contributed by atoms with Gasteiger partial charge in [-0.3, -0.25) is 4.79 Å². The van der Waals surface area contributed by atoms with Gasteiger partial charge in [0.25, 0.3) is 0 Å². The number of nitriles is 1. The lowest BCUT2D eigenvalue weighted by molar-refractivity contribution is -0.274. The number of amides is 1. The topological polar surface area (TPSA) is 74.2 Å². The summed E-state index contributed by atoms with van der Waals surface area (Å²) in [5.41, 5.74) is -0.501. The summed E-state index contributed by atoms with van der Waals surface area (Å²) in [5.74, 6) is -0.747. The quantitative estimate of drug-likeness (QED) is 0.872. The highest BCUT2D eigenvalue weighted by Gasteiger charge is 2.35. The average Bonchev–Trinajstić information content (AvgIpc) is 2.93. The van der Waals surface area contributed by atoms with Gasteiger partial charge >= 0.3 is 6.36 Å². The molecular weight excluding hydrogens is 311 g/mol. The number of hydrogen-bond donors (Lipinski definition) is 2. The summed E-state index contributed by atoms with van der Waals surface area (Å²) in [5, 5.41) is 14.6. The third-order valence-corrected chi connectivity index (χ3v) is 3.57. The van der Waals surface area contributed by atoms with Crippen LogP contribution in [0.15, 0.2) is 24.3 Å². The lowest BCUT2D eigenvalue weighted by Crippen LogP contribution is -2.47. The monoisotopic (exact) mass is 327 g/mol. The van der Waals surface area contributed by atoms with Gasteiger partial charge in [-0.15, -0.1) is 13.2 Å². The van der Waals surface area contributed by atoms with E-state index in [1.54, 1.807) is 0 Å². The van der Waals surface area contributed by atoms with E-state index in [0.29, 0.717) is 18.5 Å². The molecule has 1 amide bonds. The number of carbonyl (C=O) groups excluding carboxylic acids is 1. The Hall–Kier alpha value is -2.43. The van der Waals surface area contributed by atoms with Crippen molar-refractivity contribution in [1.29, 1.82) is 5.26 Å². The maximum Gasteiger partial charge on any atom is 0.573 e. The molecule has 0 heterocycles. The van der Waals surface area contributed by atoms with Gasteiger partial charge in [-0.25, -0.2) is 0 Å². The van der Waals surface area contributed by atoms with Gasteiger partial charge in [0.15, 0.2) is 0 Å². The normalized spacial score (nSPS) is 16.4. The average molecular weight is 327 g/mol. The predicted octanol–water partition coefficient (Wildman–Crippen LogP) is 2.95. The molecule has 1 saturated carbocycles. The van der Waals surface area contributed by atoms with E-state index in [1.807, 2.05) is 0 Å². The SMILES string of the molecule is N#CC1(NC(=O)CNc2cccc(OC(F)(F)F)c2)CCCC1. The van der Waals surface area contributed by atoms with Gasteiger partial charge in [0.1, 0.15) is 11.3 Å². The molecule has 1 aliphatic carbocycles. The van der Waals surface area contributed by atoms with Crippen LogP contribution in [0.1, 0.15) is 25.7 Å². The Morgan fingerprint density at radius 2 is 2.04 bits per heavy atom. The number of nitrogens with zero attached hydrogens (tertiary/aromatic N) is 1. The van der Waals surface area contributed by atoms with E-state index in [2.05, 4.69) is 21.4 Å². The van der Waals surface area contributed by atoms with Gasteiger partial charge in [0, 0.05) is 11.8 Å². The van der Waals surface area contributed by atoms with Crippen LogP contribution < -0.4 is 15.4 Å². The first-order valence-electron chi connectivity index (χ1n) is 7.14. The Morgan fingerprint density at radius 3 is 2.65 bits per heavy atom. The molecule has 0 saturated heterocycles. The Bertz CT molecular complexity index is 605. The largest absolute Gasteiger partial charge is 0.573 e. The summed E-state index contributed by atoms with van der Waals surface area (Å²) in [6, 6.07) is 7.36. The summed E-state index contributed by atoms with van der Waals surface area (Å²) in [6.45, 7) is -0.140. The zero-order chi connectivity index (χ0) is 16.9. The highest BCUT2D eigenvalue weighted by Crippen LogP contribution is 2.29. The van der Waals surface area contributed by atoms with Crippen molar-refractivity contribution in [2.75, 3.05) is 11.9 Å². The van der Waals surface area contributed by atoms with Crippen LogP contribution in [0.25, 0.3) is 0 Å². The molecule has 124 valence electrons. The minimum absolute atomic E-state index is 0.140. The van der Waals surface area contributed by atoms with E-state index in [0.717, 1.165) is 18.9 Å². The summed E-state index contributed by atoms with van der Waals surface area (Å²) >= 11 is 0. The van der Waals surface area contributed by atoms with Gasteiger partial charge in [-0.1, -0.05) is 6.07 Å². The van der Waals surface area contributed by atoms with E-state index in [4.69, 9.17) is 0 Å². The van der Waals surface area contributed by atoms with Crippen molar-refractivity contribution in [2.45, 2.75) is 37.6 Å². The van der Waals surface area contributed by atoms with E-state index in [1.165, 1.54) is 18.2 Å². The third-order valence-electron chi connectivity index (χ3n) is 3.57. The van der Waals surface area contributed by atoms with Crippen molar-refractivity contribution in [1.82, 2.24) is 5.32 Å². The standard InChI is InChI=1S/C15H16F3N3O2/c16-15(17,18)23-12-5-3-4-11(8-12)20-9-13(22)21-14(10-19)6-1-2-7-14/h3-5,8,20H,1-2,6-7,9H2,(H,21,22). The van der Waals surface area contributed by atoms with Crippen LogP contribution >= 0.6 is 0 Å². The second-order valence-corrected chi connectivity index (χ2v) is 5.38. The summed E-state index contributed by atoms with van der Waals surface area (Å²) < 4.78 is 40.3. The van der Waals surface area contributed by atoms with Crippen molar-refractivity contribution in [3.63, 3.8) is 0 Å². The molecule has 0 aromatic heterocycles. The molecule has 0 atom stereocenters. The van der Waals surface area contributed by atoms with Gasteiger partial charge in [0.2, 0.25) is 5.91 Å². The van der Waals surface area contributed by atoms with E-state index < -0.39 is 11.9 Å². The van der Waals surface area contributed by atoms with Gasteiger partial charge in [-0.2, -0.15) is 5.26 Å². The van der Waals surface area contributed by atoms with Crippen LogP contribution in [0.4, 0.5) is 18.9 Å². The molecule has 1 aliphatic rings. The lowest BCUT2D eigenvalue weighted by atomic mass is 10.00.